The lowest BCUT2D eigenvalue weighted by molar-refractivity contribution is -0.0479. The molecule has 0 amide bonds. The molecule has 1 aromatic rings. The molecule has 2 nitrogen and oxygen atoms in total. The highest BCUT2D eigenvalue weighted by Gasteiger charge is 2.29. The van der Waals surface area contributed by atoms with Gasteiger partial charge in [0.05, 0.1) is 12.2 Å². The second-order valence-electron chi connectivity index (χ2n) is 5.39. The van der Waals surface area contributed by atoms with Gasteiger partial charge in [-0.1, -0.05) is 56.0 Å². The highest BCUT2D eigenvalue weighted by Crippen LogP contribution is 2.29. The zero-order valence-corrected chi connectivity index (χ0v) is 11.2. The fourth-order valence-electron chi connectivity index (χ4n) is 2.81. The lowest BCUT2D eigenvalue weighted by Gasteiger charge is -2.31. The van der Waals surface area contributed by atoms with Crippen molar-refractivity contribution in [1.82, 2.24) is 0 Å². The molecule has 100 valence electrons. The van der Waals surface area contributed by atoms with Crippen LogP contribution < -0.4 is 5.73 Å². The van der Waals surface area contributed by atoms with Gasteiger partial charge >= 0.3 is 0 Å². The van der Waals surface area contributed by atoms with Gasteiger partial charge in [-0.05, 0) is 24.8 Å². The predicted octanol–water partition coefficient (Wildman–Crippen LogP) is 3.30. The molecule has 1 aromatic carbocycles. The minimum absolute atomic E-state index is 0.0364. The van der Waals surface area contributed by atoms with E-state index in [9.17, 15) is 0 Å². The predicted molar refractivity (Wildman–Crippen MR) is 75.6 cm³/mol. The van der Waals surface area contributed by atoms with E-state index in [1.165, 1.54) is 31.2 Å². The van der Waals surface area contributed by atoms with Crippen molar-refractivity contribution < 1.29 is 4.74 Å². The van der Waals surface area contributed by atoms with Crippen LogP contribution >= 0.6 is 0 Å². The van der Waals surface area contributed by atoms with E-state index in [0.29, 0.717) is 6.54 Å². The molecule has 1 aliphatic rings. The summed E-state index contributed by atoms with van der Waals surface area (Å²) in [6, 6.07) is 10.5. The highest BCUT2D eigenvalue weighted by molar-refractivity contribution is 5.14. The Hall–Kier alpha value is -0.860. The van der Waals surface area contributed by atoms with Crippen LogP contribution in [0.1, 0.15) is 44.1 Å². The van der Waals surface area contributed by atoms with Gasteiger partial charge in [-0.3, -0.25) is 0 Å². The SMILES string of the molecule is NCC1(OCCc2ccccc2)CCCCCC1. The molecular weight excluding hydrogens is 222 g/mol. The van der Waals surface area contributed by atoms with Gasteiger partial charge in [0.1, 0.15) is 0 Å². The molecule has 1 fully saturated rings. The smallest absolute Gasteiger partial charge is 0.0804 e. The summed E-state index contributed by atoms with van der Waals surface area (Å²) in [5.74, 6) is 0. The second kappa shape index (κ2) is 6.91. The van der Waals surface area contributed by atoms with Crippen LogP contribution in [0.2, 0.25) is 0 Å². The molecule has 2 rings (SSSR count). The van der Waals surface area contributed by atoms with Crippen molar-refractivity contribution in [3.8, 4) is 0 Å². The Balaban J connectivity index is 1.83. The van der Waals surface area contributed by atoms with E-state index in [4.69, 9.17) is 10.5 Å². The molecule has 0 heterocycles. The molecule has 0 atom stereocenters. The maximum atomic E-state index is 6.18. The maximum Gasteiger partial charge on any atom is 0.0804 e. The molecule has 18 heavy (non-hydrogen) atoms. The van der Waals surface area contributed by atoms with Crippen molar-refractivity contribution in [2.75, 3.05) is 13.2 Å². The van der Waals surface area contributed by atoms with Crippen molar-refractivity contribution in [3.63, 3.8) is 0 Å². The maximum absolute atomic E-state index is 6.18. The fraction of sp³-hybridized carbons (Fsp3) is 0.625. The lowest BCUT2D eigenvalue weighted by atomic mass is 9.94. The second-order valence-corrected chi connectivity index (χ2v) is 5.39. The van der Waals surface area contributed by atoms with Gasteiger partial charge in [0.2, 0.25) is 0 Å². The molecule has 2 N–H and O–H groups in total. The Labute approximate surface area is 111 Å². The summed E-state index contributed by atoms with van der Waals surface area (Å²) in [6.07, 6.45) is 8.47. The standard InChI is InChI=1S/C16H25NO/c17-14-16(11-6-1-2-7-12-16)18-13-10-15-8-4-3-5-9-15/h3-5,8-9H,1-2,6-7,10-14,17H2. The molecule has 0 bridgehead atoms. The summed E-state index contributed by atoms with van der Waals surface area (Å²) in [6.45, 7) is 1.46. The summed E-state index contributed by atoms with van der Waals surface area (Å²) in [4.78, 5) is 0. The Morgan fingerprint density at radius 3 is 2.28 bits per heavy atom. The van der Waals surface area contributed by atoms with Crippen molar-refractivity contribution in [1.29, 1.82) is 0 Å². The minimum Gasteiger partial charge on any atom is -0.373 e. The van der Waals surface area contributed by atoms with Gasteiger partial charge in [0.25, 0.3) is 0 Å². The molecule has 2 heteroatoms. The van der Waals surface area contributed by atoms with Gasteiger partial charge in [-0.25, -0.2) is 0 Å². The third-order valence-electron chi connectivity index (χ3n) is 4.03. The van der Waals surface area contributed by atoms with Crippen LogP contribution in [0.25, 0.3) is 0 Å². The first-order valence-electron chi connectivity index (χ1n) is 7.23. The number of benzene rings is 1. The van der Waals surface area contributed by atoms with Gasteiger partial charge in [0, 0.05) is 6.54 Å². The van der Waals surface area contributed by atoms with Crippen molar-refractivity contribution >= 4 is 0 Å². The number of nitrogens with two attached hydrogens (primary N) is 1. The third kappa shape index (κ3) is 3.82. The van der Waals surface area contributed by atoms with E-state index < -0.39 is 0 Å². The minimum atomic E-state index is -0.0364. The molecule has 0 aromatic heterocycles. The van der Waals surface area contributed by atoms with Crippen molar-refractivity contribution in [3.05, 3.63) is 35.9 Å². The summed E-state index contributed by atoms with van der Waals surface area (Å²) >= 11 is 0. The molecule has 1 aliphatic carbocycles. The molecule has 0 radical (unpaired) electrons. The number of ether oxygens (including phenoxy) is 1. The van der Waals surface area contributed by atoms with E-state index in [1.807, 2.05) is 0 Å². The fourth-order valence-corrected chi connectivity index (χ4v) is 2.81. The van der Waals surface area contributed by atoms with Gasteiger partial charge in [-0.15, -0.1) is 0 Å². The average Bonchev–Trinajstić information content (AvgIpc) is 2.66. The zero-order chi connectivity index (χ0) is 12.7. The normalized spacial score (nSPS) is 19.4. The first-order chi connectivity index (χ1) is 8.85. The molecular formula is C16H25NO. The van der Waals surface area contributed by atoms with E-state index in [0.717, 1.165) is 25.9 Å². The Bertz CT molecular complexity index is 328. The van der Waals surface area contributed by atoms with Crippen LogP contribution in [0.3, 0.4) is 0 Å². The first kappa shape index (κ1) is 13.6. The number of rotatable bonds is 5. The zero-order valence-electron chi connectivity index (χ0n) is 11.2. The molecule has 0 spiro atoms. The van der Waals surface area contributed by atoms with Crippen LogP contribution in [0.5, 0.6) is 0 Å². The van der Waals surface area contributed by atoms with Crippen molar-refractivity contribution in [2.45, 2.75) is 50.5 Å². The summed E-state index contributed by atoms with van der Waals surface area (Å²) < 4.78 is 6.18. The van der Waals surface area contributed by atoms with E-state index in [2.05, 4.69) is 30.3 Å². The van der Waals surface area contributed by atoms with E-state index >= 15 is 0 Å². The summed E-state index contributed by atoms with van der Waals surface area (Å²) in [7, 11) is 0. The molecule has 0 unspecified atom stereocenters. The van der Waals surface area contributed by atoms with Crippen LogP contribution in [-0.2, 0) is 11.2 Å². The van der Waals surface area contributed by atoms with Crippen LogP contribution in [-0.4, -0.2) is 18.8 Å². The molecule has 0 aliphatic heterocycles. The lowest BCUT2D eigenvalue weighted by Crippen LogP contribution is -2.40. The Kier molecular flexibility index (Phi) is 5.21. The van der Waals surface area contributed by atoms with E-state index in [-0.39, 0.29) is 5.60 Å². The Morgan fingerprint density at radius 1 is 1.00 bits per heavy atom. The third-order valence-corrected chi connectivity index (χ3v) is 4.03. The largest absolute Gasteiger partial charge is 0.373 e. The Morgan fingerprint density at radius 2 is 1.67 bits per heavy atom. The topological polar surface area (TPSA) is 35.2 Å². The first-order valence-corrected chi connectivity index (χ1v) is 7.23. The van der Waals surface area contributed by atoms with Crippen LogP contribution in [0.4, 0.5) is 0 Å². The summed E-state index contributed by atoms with van der Waals surface area (Å²) in [5, 5.41) is 0. The molecule has 0 saturated heterocycles. The summed E-state index contributed by atoms with van der Waals surface area (Å²) in [5.41, 5.74) is 7.27. The van der Waals surface area contributed by atoms with Crippen molar-refractivity contribution in [2.24, 2.45) is 5.73 Å². The number of hydrogen-bond donors (Lipinski definition) is 1. The van der Waals surface area contributed by atoms with E-state index in [1.54, 1.807) is 0 Å². The highest BCUT2D eigenvalue weighted by atomic mass is 16.5. The number of hydrogen-bond acceptors (Lipinski definition) is 2. The quantitative estimate of drug-likeness (QED) is 0.810. The van der Waals surface area contributed by atoms with Crippen LogP contribution in [0, 0.1) is 0 Å². The van der Waals surface area contributed by atoms with Gasteiger partial charge in [0.15, 0.2) is 0 Å². The van der Waals surface area contributed by atoms with Gasteiger partial charge < -0.3 is 10.5 Å². The molecule has 1 saturated carbocycles. The monoisotopic (exact) mass is 247 g/mol. The van der Waals surface area contributed by atoms with Gasteiger partial charge in [-0.2, -0.15) is 0 Å². The average molecular weight is 247 g/mol. The van der Waals surface area contributed by atoms with Crippen LogP contribution in [0.15, 0.2) is 30.3 Å².